The van der Waals surface area contributed by atoms with E-state index in [0.29, 0.717) is 31.7 Å². The van der Waals surface area contributed by atoms with Crippen molar-refractivity contribution in [2.75, 3.05) is 19.6 Å². The van der Waals surface area contributed by atoms with Gasteiger partial charge in [0.2, 0.25) is 10.0 Å². The second kappa shape index (κ2) is 8.68. The number of sulfonamides is 1. The molecule has 0 unspecified atom stereocenters. The van der Waals surface area contributed by atoms with E-state index >= 15 is 0 Å². The minimum atomic E-state index is -3.48. The number of rotatable bonds is 7. The zero-order valence-corrected chi connectivity index (χ0v) is 18.5. The van der Waals surface area contributed by atoms with Crippen LogP contribution >= 0.6 is 0 Å². The smallest absolute Gasteiger partial charge is 0.251 e. The molecule has 0 atom stereocenters. The Morgan fingerprint density at radius 1 is 1.13 bits per heavy atom. The lowest BCUT2D eigenvalue weighted by Gasteiger charge is -2.15. The van der Waals surface area contributed by atoms with E-state index < -0.39 is 10.0 Å². The van der Waals surface area contributed by atoms with E-state index in [1.165, 1.54) is 16.4 Å². The molecule has 0 saturated carbocycles. The highest BCUT2D eigenvalue weighted by Crippen LogP contribution is 2.27. The molecule has 0 aliphatic carbocycles. The number of aromatic nitrogens is 2. The van der Waals surface area contributed by atoms with Crippen LogP contribution in [-0.2, 0) is 16.6 Å². The first-order chi connectivity index (χ1) is 14.9. The largest absolute Gasteiger partial charge is 0.464 e. The molecule has 31 heavy (non-hydrogen) atoms. The van der Waals surface area contributed by atoms with Crippen molar-refractivity contribution in [1.82, 2.24) is 19.4 Å². The summed E-state index contributed by atoms with van der Waals surface area (Å²) < 4.78 is 34.0. The molecule has 9 heteroatoms. The molecule has 1 N–H and O–H groups in total. The fourth-order valence-electron chi connectivity index (χ4n) is 3.93. The summed E-state index contributed by atoms with van der Waals surface area (Å²) in [7, 11) is -3.48. The molecular weight excluding hydrogens is 416 g/mol. The number of carbonyl (C=O) groups is 1. The molecule has 1 fully saturated rings. The van der Waals surface area contributed by atoms with Gasteiger partial charge in [-0.15, -0.1) is 0 Å². The van der Waals surface area contributed by atoms with E-state index in [1.807, 2.05) is 30.7 Å². The normalized spacial score (nSPS) is 14.8. The first-order valence-electron chi connectivity index (χ1n) is 10.3. The number of nitrogens with zero attached hydrogens (tertiary/aromatic N) is 3. The number of hydrogen-bond donors (Lipinski definition) is 1. The second-order valence-corrected chi connectivity index (χ2v) is 9.58. The Bertz CT molecular complexity index is 1160. The fraction of sp³-hybridized carbons (Fsp3) is 0.364. The van der Waals surface area contributed by atoms with Gasteiger partial charge in [0, 0.05) is 30.9 Å². The van der Waals surface area contributed by atoms with Crippen molar-refractivity contribution < 1.29 is 17.6 Å². The molecule has 1 amide bonds. The first kappa shape index (κ1) is 21.3. The van der Waals surface area contributed by atoms with Gasteiger partial charge in [0.25, 0.3) is 5.91 Å². The highest BCUT2D eigenvalue weighted by Gasteiger charge is 2.27. The number of nitrogens with one attached hydrogen (secondary N) is 1. The average molecular weight is 443 g/mol. The lowest BCUT2D eigenvalue weighted by Crippen LogP contribution is -2.29. The summed E-state index contributed by atoms with van der Waals surface area (Å²) in [4.78, 5) is 12.7. The first-order valence-corrected chi connectivity index (χ1v) is 11.8. The Morgan fingerprint density at radius 2 is 1.84 bits per heavy atom. The molecule has 0 spiro atoms. The number of furan rings is 1. The van der Waals surface area contributed by atoms with Crippen LogP contribution in [0, 0.1) is 13.8 Å². The summed E-state index contributed by atoms with van der Waals surface area (Å²) in [6, 6.07) is 9.84. The lowest BCUT2D eigenvalue weighted by atomic mass is 10.1. The zero-order chi connectivity index (χ0) is 22.0. The number of carbonyl (C=O) groups excluding carboxylic acids is 1. The van der Waals surface area contributed by atoms with Crippen molar-refractivity contribution in [3.05, 3.63) is 59.6 Å². The Kier molecular flexibility index (Phi) is 5.97. The molecule has 3 heterocycles. The summed E-state index contributed by atoms with van der Waals surface area (Å²) in [5, 5.41) is 7.41. The van der Waals surface area contributed by atoms with Crippen LogP contribution in [0.4, 0.5) is 0 Å². The van der Waals surface area contributed by atoms with Gasteiger partial charge >= 0.3 is 0 Å². The predicted molar refractivity (Wildman–Crippen MR) is 116 cm³/mol. The summed E-state index contributed by atoms with van der Waals surface area (Å²) in [6.45, 7) is 5.92. The summed E-state index contributed by atoms with van der Waals surface area (Å²) in [5.74, 6) is 0.521. The van der Waals surface area contributed by atoms with Gasteiger partial charge in [-0.3, -0.25) is 9.48 Å². The quantitative estimate of drug-likeness (QED) is 0.607. The van der Waals surface area contributed by atoms with E-state index in [0.717, 1.165) is 35.6 Å². The van der Waals surface area contributed by atoms with E-state index in [1.54, 1.807) is 18.4 Å². The van der Waals surface area contributed by atoms with Gasteiger partial charge < -0.3 is 9.73 Å². The molecular formula is C22H26N4O4S. The van der Waals surface area contributed by atoms with Gasteiger partial charge in [0.15, 0.2) is 0 Å². The Labute approximate surface area is 181 Å². The van der Waals surface area contributed by atoms with E-state index in [2.05, 4.69) is 10.4 Å². The number of benzene rings is 1. The standard InChI is InChI=1S/C22H26N4O4S/c1-16-21(20-6-5-15-30-20)17(2)26(24-16)14-11-23-22(27)18-7-9-19(10-8-18)31(28,29)25-12-3-4-13-25/h5-10,15H,3-4,11-14H2,1-2H3,(H,23,27). The van der Waals surface area contributed by atoms with Gasteiger partial charge in [0.05, 0.1) is 29.0 Å². The molecule has 1 aliphatic rings. The monoisotopic (exact) mass is 442 g/mol. The van der Waals surface area contributed by atoms with Crippen LogP contribution in [0.15, 0.2) is 52.0 Å². The van der Waals surface area contributed by atoms with Crippen molar-refractivity contribution in [3.8, 4) is 11.3 Å². The van der Waals surface area contributed by atoms with Gasteiger partial charge in [-0.1, -0.05) is 0 Å². The Hall–Kier alpha value is -2.91. The van der Waals surface area contributed by atoms with Gasteiger partial charge in [0.1, 0.15) is 5.76 Å². The van der Waals surface area contributed by atoms with Gasteiger partial charge in [-0.05, 0) is 63.1 Å². The van der Waals surface area contributed by atoms with Crippen LogP contribution < -0.4 is 5.32 Å². The van der Waals surface area contributed by atoms with E-state index in [-0.39, 0.29) is 10.8 Å². The summed E-state index contributed by atoms with van der Waals surface area (Å²) in [5.41, 5.74) is 3.22. The Balaban J connectivity index is 1.37. The number of hydrogen-bond acceptors (Lipinski definition) is 5. The zero-order valence-electron chi connectivity index (χ0n) is 17.7. The second-order valence-electron chi connectivity index (χ2n) is 7.64. The van der Waals surface area contributed by atoms with E-state index in [4.69, 9.17) is 4.42 Å². The third-order valence-corrected chi connectivity index (χ3v) is 7.49. The lowest BCUT2D eigenvalue weighted by molar-refractivity contribution is 0.0951. The number of aryl methyl sites for hydroxylation is 1. The molecule has 4 rings (SSSR count). The molecule has 0 bridgehead atoms. The van der Waals surface area contributed by atoms with Crippen molar-refractivity contribution in [2.24, 2.45) is 0 Å². The third-order valence-electron chi connectivity index (χ3n) is 5.58. The van der Waals surface area contributed by atoms with Crippen molar-refractivity contribution in [2.45, 2.75) is 38.1 Å². The van der Waals surface area contributed by atoms with Crippen molar-refractivity contribution >= 4 is 15.9 Å². The predicted octanol–water partition coefficient (Wildman–Crippen LogP) is 2.97. The van der Waals surface area contributed by atoms with Gasteiger partial charge in [-0.25, -0.2) is 8.42 Å². The average Bonchev–Trinajstić information content (AvgIpc) is 3.51. The maximum atomic E-state index is 12.6. The topological polar surface area (TPSA) is 97.4 Å². The molecule has 2 aromatic heterocycles. The van der Waals surface area contributed by atoms with Crippen molar-refractivity contribution in [1.29, 1.82) is 0 Å². The highest BCUT2D eigenvalue weighted by molar-refractivity contribution is 7.89. The molecule has 0 radical (unpaired) electrons. The van der Waals surface area contributed by atoms with Crippen LogP contribution in [-0.4, -0.2) is 48.0 Å². The van der Waals surface area contributed by atoms with Crippen LogP contribution in [0.5, 0.6) is 0 Å². The van der Waals surface area contributed by atoms with Crippen LogP contribution in [0.2, 0.25) is 0 Å². The fourth-order valence-corrected chi connectivity index (χ4v) is 5.44. The van der Waals surface area contributed by atoms with Crippen LogP contribution in [0.1, 0.15) is 34.6 Å². The summed E-state index contributed by atoms with van der Waals surface area (Å²) >= 11 is 0. The Morgan fingerprint density at radius 3 is 2.48 bits per heavy atom. The molecule has 1 aromatic carbocycles. The number of amides is 1. The molecule has 1 aliphatic heterocycles. The molecule has 3 aromatic rings. The maximum Gasteiger partial charge on any atom is 0.251 e. The summed E-state index contributed by atoms with van der Waals surface area (Å²) in [6.07, 6.45) is 3.41. The van der Waals surface area contributed by atoms with Crippen LogP contribution in [0.3, 0.4) is 0 Å². The molecule has 164 valence electrons. The molecule has 8 nitrogen and oxygen atoms in total. The van der Waals surface area contributed by atoms with E-state index in [9.17, 15) is 13.2 Å². The SMILES string of the molecule is Cc1nn(CCNC(=O)c2ccc(S(=O)(=O)N3CCCC3)cc2)c(C)c1-c1ccco1. The highest BCUT2D eigenvalue weighted by atomic mass is 32.2. The van der Waals surface area contributed by atoms with Crippen LogP contribution in [0.25, 0.3) is 11.3 Å². The van der Waals surface area contributed by atoms with Crippen molar-refractivity contribution in [3.63, 3.8) is 0 Å². The third kappa shape index (κ3) is 4.28. The minimum Gasteiger partial charge on any atom is -0.464 e. The maximum absolute atomic E-state index is 12.6. The molecule has 1 saturated heterocycles. The van der Waals surface area contributed by atoms with Gasteiger partial charge in [-0.2, -0.15) is 9.40 Å². The minimum absolute atomic E-state index is 0.221.